The molecule has 0 aliphatic rings. The third-order valence-electron chi connectivity index (χ3n) is 3.56. The topological polar surface area (TPSA) is 67.3 Å². The molecule has 0 saturated carbocycles. The Labute approximate surface area is 153 Å². The summed E-state index contributed by atoms with van der Waals surface area (Å²) in [5.74, 6) is 0.853. The Morgan fingerprint density at radius 1 is 1.28 bits per heavy atom. The molecule has 2 aromatic rings. The molecule has 0 saturated heterocycles. The van der Waals surface area contributed by atoms with Crippen molar-refractivity contribution >= 4 is 22.6 Å². The Hall–Kier alpha value is -1.99. The van der Waals surface area contributed by atoms with Crippen LogP contribution in [0.15, 0.2) is 30.3 Å². The third-order valence-corrected chi connectivity index (χ3v) is 4.37. The summed E-state index contributed by atoms with van der Waals surface area (Å²) in [4.78, 5) is 18.6. The van der Waals surface area contributed by atoms with Crippen molar-refractivity contribution in [3.63, 3.8) is 0 Å². The second-order valence-corrected chi connectivity index (χ2v) is 6.84. The lowest BCUT2D eigenvalue weighted by atomic mass is 10.1. The average molecular weight is 362 g/mol. The van der Waals surface area contributed by atoms with Crippen molar-refractivity contribution < 1.29 is 9.53 Å². The van der Waals surface area contributed by atoms with E-state index in [9.17, 15) is 4.79 Å². The monoisotopic (exact) mass is 362 g/mol. The lowest BCUT2D eigenvalue weighted by Gasteiger charge is -2.21. The van der Waals surface area contributed by atoms with Crippen molar-refractivity contribution in [3.05, 3.63) is 41.7 Å². The Morgan fingerprint density at radius 3 is 2.72 bits per heavy atom. The van der Waals surface area contributed by atoms with Crippen LogP contribution in [-0.4, -0.2) is 48.1 Å². The van der Waals surface area contributed by atoms with E-state index in [4.69, 9.17) is 4.74 Å². The Bertz CT molecular complexity index is 646. The smallest absolute Gasteiger partial charge is 0.221 e. The fourth-order valence-corrected chi connectivity index (χ4v) is 3.10. The number of carbonyl (C=O) groups excluding carboxylic acids is 1. The Balaban J connectivity index is 1.98. The van der Waals surface area contributed by atoms with Crippen molar-refractivity contribution in [2.24, 2.45) is 0 Å². The van der Waals surface area contributed by atoms with Crippen molar-refractivity contribution in [2.45, 2.75) is 32.7 Å². The van der Waals surface area contributed by atoms with Crippen molar-refractivity contribution in [3.8, 4) is 0 Å². The van der Waals surface area contributed by atoms with Crippen molar-refractivity contribution in [2.75, 3.05) is 31.7 Å². The lowest BCUT2D eigenvalue weighted by Crippen LogP contribution is -2.35. The van der Waals surface area contributed by atoms with E-state index >= 15 is 0 Å². The standard InChI is InChI=1S/C18H26N4O2S/c1-14(2)19-17(23)9-10-22(11-12-24-3)18-20-16(21-25-18)13-15-7-5-4-6-8-15/h4-8,14H,9-13H2,1-3H3,(H,19,23). The first-order valence-electron chi connectivity index (χ1n) is 8.48. The molecule has 1 N–H and O–H groups in total. The molecule has 7 heteroatoms. The van der Waals surface area contributed by atoms with Crippen LogP contribution in [0.1, 0.15) is 31.7 Å². The van der Waals surface area contributed by atoms with Gasteiger partial charge in [0, 0.05) is 50.6 Å². The Morgan fingerprint density at radius 2 is 2.04 bits per heavy atom. The molecule has 136 valence electrons. The highest BCUT2D eigenvalue weighted by Crippen LogP contribution is 2.19. The minimum absolute atomic E-state index is 0.0476. The van der Waals surface area contributed by atoms with Crippen LogP contribution in [0.4, 0.5) is 5.13 Å². The summed E-state index contributed by atoms with van der Waals surface area (Å²) < 4.78 is 9.65. The summed E-state index contributed by atoms with van der Waals surface area (Å²) in [5.41, 5.74) is 1.19. The number of hydrogen-bond acceptors (Lipinski definition) is 6. The zero-order chi connectivity index (χ0) is 18.1. The maximum atomic E-state index is 11.9. The fourth-order valence-electron chi connectivity index (χ4n) is 2.36. The highest BCUT2D eigenvalue weighted by Gasteiger charge is 2.15. The highest BCUT2D eigenvalue weighted by molar-refractivity contribution is 7.09. The molecule has 1 aromatic heterocycles. The van der Waals surface area contributed by atoms with E-state index in [1.165, 1.54) is 17.1 Å². The minimum Gasteiger partial charge on any atom is -0.383 e. The average Bonchev–Trinajstić information content (AvgIpc) is 3.03. The number of methoxy groups -OCH3 is 1. The van der Waals surface area contributed by atoms with Crippen molar-refractivity contribution in [1.29, 1.82) is 0 Å². The van der Waals surface area contributed by atoms with Crippen LogP contribution >= 0.6 is 11.5 Å². The first-order chi connectivity index (χ1) is 12.1. The molecule has 1 heterocycles. The predicted molar refractivity (Wildman–Crippen MR) is 101 cm³/mol. The zero-order valence-electron chi connectivity index (χ0n) is 15.1. The van der Waals surface area contributed by atoms with Gasteiger partial charge in [0.2, 0.25) is 11.0 Å². The van der Waals surface area contributed by atoms with Crippen LogP contribution in [0, 0.1) is 0 Å². The van der Waals surface area contributed by atoms with Crippen LogP contribution in [0.3, 0.4) is 0 Å². The van der Waals surface area contributed by atoms with Gasteiger partial charge < -0.3 is 15.0 Å². The summed E-state index contributed by atoms with van der Waals surface area (Å²) in [6.45, 7) is 5.79. The summed E-state index contributed by atoms with van der Waals surface area (Å²) in [6, 6.07) is 10.3. The van der Waals surface area contributed by atoms with E-state index in [-0.39, 0.29) is 11.9 Å². The molecule has 25 heavy (non-hydrogen) atoms. The van der Waals surface area contributed by atoms with Gasteiger partial charge >= 0.3 is 0 Å². The molecule has 0 bridgehead atoms. The summed E-state index contributed by atoms with van der Waals surface area (Å²) >= 11 is 1.37. The van der Waals surface area contributed by atoms with E-state index < -0.39 is 0 Å². The molecule has 1 aromatic carbocycles. The molecule has 0 radical (unpaired) electrons. The number of amides is 1. The molecule has 0 spiro atoms. The quantitative estimate of drug-likeness (QED) is 0.703. The first-order valence-corrected chi connectivity index (χ1v) is 9.25. The molecule has 0 aliphatic heterocycles. The number of anilines is 1. The maximum absolute atomic E-state index is 11.9. The zero-order valence-corrected chi connectivity index (χ0v) is 15.9. The maximum Gasteiger partial charge on any atom is 0.221 e. The third kappa shape index (κ3) is 6.80. The molecule has 1 amide bonds. The molecule has 0 atom stereocenters. The second kappa shape index (κ2) is 10.1. The van der Waals surface area contributed by atoms with Gasteiger partial charge in [-0.05, 0) is 19.4 Å². The van der Waals surface area contributed by atoms with Gasteiger partial charge in [-0.1, -0.05) is 30.3 Å². The van der Waals surface area contributed by atoms with Gasteiger partial charge in [0.05, 0.1) is 6.61 Å². The summed E-state index contributed by atoms with van der Waals surface area (Å²) in [6.07, 6.45) is 1.14. The number of aromatic nitrogens is 2. The van der Waals surface area contributed by atoms with Crippen LogP contribution in [0.25, 0.3) is 0 Å². The van der Waals surface area contributed by atoms with Crippen LogP contribution in [0.2, 0.25) is 0 Å². The van der Waals surface area contributed by atoms with Crippen LogP contribution in [0.5, 0.6) is 0 Å². The number of nitrogens with zero attached hydrogens (tertiary/aromatic N) is 3. The molecular weight excluding hydrogens is 336 g/mol. The molecule has 0 aliphatic carbocycles. The SMILES string of the molecule is COCCN(CCC(=O)NC(C)C)c1nc(Cc2ccccc2)ns1. The molecule has 0 fully saturated rings. The predicted octanol–water partition coefficient (Wildman–Crippen LogP) is 2.50. The van der Waals surface area contributed by atoms with E-state index in [0.29, 0.717) is 32.5 Å². The molecule has 0 unspecified atom stereocenters. The number of benzene rings is 1. The normalized spacial score (nSPS) is 10.9. The number of rotatable bonds is 10. The van der Waals surface area contributed by atoms with Gasteiger partial charge in [-0.15, -0.1) is 0 Å². The fraction of sp³-hybridized carbons (Fsp3) is 0.500. The van der Waals surface area contributed by atoms with Crippen LogP contribution in [-0.2, 0) is 16.0 Å². The number of carbonyl (C=O) groups is 1. The first kappa shape index (κ1) is 19.3. The van der Waals surface area contributed by atoms with E-state index in [1.807, 2.05) is 32.0 Å². The Kier molecular flexibility index (Phi) is 7.81. The molecule has 6 nitrogen and oxygen atoms in total. The van der Waals surface area contributed by atoms with Gasteiger partial charge in [0.15, 0.2) is 0 Å². The van der Waals surface area contributed by atoms with Gasteiger partial charge in [-0.3, -0.25) is 4.79 Å². The second-order valence-electron chi connectivity index (χ2n) is 6.11. The number of ether oxygens (including phenoxy) is 1. The number of hydrogen-bond donors (Lipinski definition) is 1. The van der Waals surface area contributed by atoms with E-state index in [0.717, 1.165) is 11.0 Å². The largest absolute Gasteiger partial charge is 0.383 e. The molecular formula is C18H26N4O2S. The number of nitrogens with one attached hydrogen (secondary N) is 1. The van der Waals surface area contributed by atoms with Gasteiger partial charge in [0.1, 0.15) is 5.82 Å². The molecule has 2 rings (SSSR count). The van der Waals surface area contributed by atoms with Crippen molar-refractivity contribution in [1.82, 2.24) is 14.7 Å². The summed E-state index contributed by atoms with van der Waals surface area (Å²) in [7, 11) is 1.67. The van der Waals surface area contributed by atoms with E-state index in [2.05, 4.69) is 31.7 Å². The lowest BCUT2D eigenvalue weighted by molar-refractivity contribution is -0.121. The van der Waals surface area contributed by atoms with E-state index in [1.54, 1.807) is 7.11 Å². The van der Waals surface area contributed by atoms with Gasteiger partial charge in [0.25, 0.3) is 0 Å². The summed E-state index contributed by atoms with van der Waals surface area (Å²) in [5, 5.41) is 3.75. The highest BCUT2D eigenvalue weighted by atomic mass is 32.1. The van der Waals surface area contributed by atoms with Gasteiger partial charge in [-0.25, -0.2) is 4.98 Å². The van der Waals surface area contributed by atoms with Crippen LogP contribution < -0.4 is 10.2 Å². The minimum atomic E-state index is 0.0476. The van der Waals surface area contributed by atoms with Gasteiger partial charge in [-0.2, -0.15) is 4.37 Å².